The van der Waals surface area contributed by atoms with Crippen molar-refractivity contribution in [3.63, 3.8) is 0 Å². The van der Waals surface area contributed by atoms with Gasteiger partial charge in [0.1, 0.15) is 11.7 Å². The van der Waals surface area contributed by atoms with Gasteiger partial charge in [0, 0.05) is 24.8 Å². The first kappa shape index (κ1) is 23.6. The first-order valence-electron chi connectivity index (χ1n) is 10.9. The van der Waals surface area contributed by atoms with Crippen LogP contribution in [-0.4, -0.2) is 53.9 Å². The number of likely N-dealkylation sites (tertiary alicyclic amines) is 1. The third-order valence-electron chi connectivity index (χ3n) is 5.39. The summed E-state index contributed by atoms with van der Waals surface area (Å²) in [6, 6.07) is 14.7. The number of benzene rings is 2. The number of ether oxygens (including phenoxy) is 2. The standard InChI is InChI=1S/C25H32N2O5/c1-25(2,3)32-24(30)27-15-13-21(14-16-27)26-20-11-9-18(10-12-20)22(28)17-5-7-19(8-6-17)23(29)31-4/h5-12,21-22,26,28H,13-16H2,1-4H3. The number of anilines is 1. The lowest BCUT2D eigenvalue weighted by Crippen LogP contribution is -2.44. The summed E-state index contributed by atoms with van der Waals surface area (Å²) >= 11 is 0. The number of nitrogens with one attached hydrogen (secondary N) is 1. The number of rotatable bonds is 5. The minimum absolute atomic E-state index is 0.256. The van der Waals surface area contributed by atoms with Crippen LogP contribution >= 0.6 is 0 Å². The van der Waals surface area contributed by atoms with Crippen molar-refractivity contribution in [1.82, 2.24) is 4.90 Å². The lowest BCUT2D eigenvalue weighted by molar-refractivity contribution is 0.0210. The Hall–Kier alpha value is -3.06. The molecule has 1 aliphatic rings. The van der Waals surface area contributed by atoms with Gasteiger partial charge in [0.25, 0.3) is 0 Å². The van der Waals surface area contributed by atoms with E-state index in [1.165, 1.54) is 7.11 Å². The van der Waals surface area contributed by atoms with Crippen LogP contribution in [0.25, 0.3) is 0 Å². The second-order valence-corrected chi connectivity index (χ2v) is 9.02. The molecular formula is C25H32N2O5. The number of carbonyl (C=O) groups is 2. The van der Waals surface area contributed by atoms with Crippen molar-refractivity contribution in [2.75, 3.05) is 25.5 Å². The summed E-state index contributed by atoms with van der Waals surface area (Å²) in [5.41, 5.74) is 2.40. The van der Waals surface area contributed by atoms with Crippen LogP contribution < -0.4 is 5.32 Å². The van der Waals surface area contributed by atoms with Crippen molar-refractivity contribution in [2.24, 2.45) is 0 Å². The summed E-state index contributed by atoms with van der Waals surface area (Å²) < 4.78 is 10.1. The van der Waals surface area contributed by atoms with Gasteiger partial charge in [-0.15, -0.1) is 0 Å². The zero-order chi connectivity index (χ0) is 23.3. The lowest BCUT2D eigenvalue weighted by Gasteiger charge is -2.34. The van der Waals surface area contributed by atoms with Gasteiger partial charge < -0.3 is 24.8 Å². The Balaban J connectivity index is 1.53. The van der Waals surface area contributed by atoms with E-state index in [9.17, 15) is 14.7 Å². The molecule has 0 bridgehead atoms. The maximum Gasteiger partial charge on any atom is 0.410 e. The molecule has 3 rings (SSSR count). The van der Waals surface area contributed by atoms with Crippen molar-refractivity contribution in [3.05, 3.63) is 65.2 Å². The topological polar surface area (TPSA) is 88.1 Å². The van der Waals surface area contributed by atoms with Crippen molar-refractivity contribution in [2.45, 2.75) is 51.4 Å². The van der Waals surface area contributed by atoms with E-state index in [1.54, 1.807) is 29.2 Å². The van der Waals surface area contributed by atoms with Gasteiger partial charge in [0.2, 0.25) is 0 Å². The Labute approximate surface area is 189 Å². The van der Waals surface area contributed by atoms with Crippen LogP contribution in [0, 0.1) is 0 Å². The smallest absolute Gasteiger partial charge is 0.410 e. The van der Waals surface area contributed by atoms with Crippen molar-refractivity contribution in [1.29, 1.82) is 0 Å². The number of nitrogens with zero attached hydrogens (tertiary/aromatic N) is 1. The second-order valence-electron chi connectivity index (χ2n) is 9.02. The Morgan fingerprint density at radius 2 is 1.53 bits per heavy atom. The first-order chi connectivity index (χ1) is 15.2. The fraction of sp³-hybridized carbons (Fsp3) is 0.440. The Kier molecular flexibility index (Phi) is 7.40. The number of hydrogen-bond donors (Lipinski definition) is 2. The molecular weight excluding hydrogens is 408 g/mol. The molecule has 7 heteroatoms. The van der Waals surface area contributed by atoms with Crippen molar-refractivity contribution in [3.8, 4) is 0 Å². The molecule has 0 aliphatic carbocycles. The fourth-order valence-electron chi connectivity index (χ4n) is 3.64. The van der Waals surface area contributed by atoms with Gasteiger partial charge in [0.15, 0.2) is 0 Å². The number of esters is 1. The van der Waals surface area contributed by atoms with Crippen LogP contribution in [-0.2, 0) is 9.47 Å². The molecule has 0 radical (unpaired) electrons. The zero-order valence-electron chi connectivity index (χ0n) is 19.1. The first-order valence-corrected chi connectivity index (χ1v) is 10.9. The molecule has 1 fully saturated rings. The highest BCUT2D eigenvalue weighted by Gasteiger charge is 2.26. The van der Waals surface area contributed by atoms with Crippen molar-refractivity contribution >= 4 is 17.7 Å². The largest absolute Gasteiger partial charge is 0.465 e. The molecule has 32 heavy (non-hydrogen) atoms. The number of hydrogen-bond acceptors (Lipinski definition) is 6. The average Bonchev–Trinajstić information content (AvgIpc) is 2.78. The molecule has 2 aromatic rings. The number of aliphatic hydroxyl groups is 1. The lowest BCUT2D eigenvalue weighted by atomic mass is 9.99. The van der Waals surface area contributed by atoms with Gasteiger partial charge in [-0.1, -0.05) is 24.3 Å². The maximum atomic E-state index is 12.2. The number of methoxy groups -OCH3 is 1. The summed E-state index contributed by atoms with van der Waals surface area (Å²) in [7, 11) is 1.34. The predicted octanol–water partition coefficient (Wildman–Crippen LogP) is 4.37. The van der Waals surface area contributed by atoms with Crippen LogP contribution in [0.1, 0.15) is 61.2 Å². The molecule has 1 heterocycles. The quantitative estimate of drug-likeness (QED) is 0.672. The van der Waals surface area contributed by atoms with E-state index < -0.39 is 17.7 Å². The highest BCUT2D eigenvalue weighted by Crippen LogP contribution is 2.25. The molecule has 2 aromatic carbocycles. The molecule has 1 saturated heterocycles. The third kappa shape index (κ3) is 6.23. The Bertz CT molecular complexity index is 911. The van der Waals surface area contributed by atoms with E-state index in [0.717, 1.165) is 24.1 Å². The van der Waals surface area contributed by atoms with E-state index in [-0.39, 0.29) is 12.1 Å². The van der Waals surface area contributed by atoms with E-state index in [2.05, 4.69) is 5.32 Å². The number of piperidine rings is 1. The van der Waals surface area contributed by atoms with Crippen LogP contribution in [0.15, 0.2) is 48.5 Å². The van der Waals surface area contributed by atoms with Gasteiger partial charge in [-0.05, 0) is 69.0 Å². The van der Waals surface area contributed by atoms with Crippen molar-refractivity contribution < 1.29 is 24.2 Å². The predicted molar refractivity (Wildman–Crippen MR) is 123 cm³/mol. The van der Waals surface area contributed by atoms with Crippen LogP contribution in [0.2, 0.25) is 0 Å². The molecule has 7 nitrogen and oxygen atoms in total. The zero-order valence-corrected chi connectivity index (χ0v) is 19.1. The monoisotopic (exact) mass is 440 g/mol. The van der Waals surface area contributed by atoms with E-state index >= 15 is 0 Å². The SMILES string of the molecule is COC(=O)c1ccc(C(O)c2ccc(NC3CCN(C(=O)OC(C)(C)C)CC3)cc2)cc1. The summed E-state index contributed by atoms with van der Waals surface area (Å²) in [4.78, 5) is 25.5. The fourth-order valence-corrected chi connectivity index (χ4v) is 3.64. The molecule has 0 saturated carbocycles. The summed E-state index contributed by atoms with van der Waals surface area (Å²) in [6.45, 7) is 6.93. The van der Waals surface area contributed by atoms with Crippen LogP contribution in [0.4, 0.5) is 10.5 Å². The second kappa shape index (κ2) is 10.0. The van der Waals surface area contributed by atoms with Crippen LogP contribution in [0.3, 0.4) is 0 Å². The van der Waals surface area contributed by atoms with Gasteiger partial charge in [-0.2, -0.15) is 0 Å². The molecule has 1 unspecified atom stereocenters. The number of carbonyl (C=O) groups excluding carboxylic acids is 2. The third-order valence-corrected chi connectivity index (χ3v) is 5.39. The average molecular weight is 441 g/mol. The van der Waals surface area contributed by atoms with Gasteiger partial charge in [0.05, 0.1) is 12.7 Å². The molecule has 1 aliphatic heterocycles. The van der Waals surface area contributed by atoms with Gasteiger partial charge >= 0.3 is 12.1 Å². The highest BCUT2D eigenvalue weighted by molar-refractivity contribution is 5.89. The van der Waals surface area contributed by atoms with E-state index in [4.69, 9.17) is 9.47 Å². The van der Waals surface area contributed by atoms with E-state index in [1.807, 2.05) is 45.0 Å². The van der Waals surface area contributed by atoms with Gasteiger partial charge in [-0.3, -0.25) is 0 Å². The maximum absolute atomic E-state index is 12.2. The molecule has 0 aromatic heterocycles. The summed E-state index contributed by atoms with van der Waals surface area (Å²) in [5.74, 6) is -0.404. The Morgan fingerprint density at radius 1 is 1.00 bits per heavy atom. The molecule has 0 spiro atoms. The van der Waals surface area contributed by atoms with Crippen LogP contribution in [0.5, 0.6) is 0 Å². The minimum atomic E-state index is -0.784. The summed E-state index contributed by atoms with van der Waals surface area (Å²) in [6.07, 6.45) is 0.647. The molecule has 2 N–H and O–H groups in total. The number of aliphatic hydroxyl groups excluding tert-OH is 1. The summed E-state index contributed by atoms with van der Waals surface area (Å²) in [5, 5.41) is 14.2. The van der Waals surface area contributed by atoms with E-state index in [0.29, 0.717) is 24.2 Å². The molecule has 1 amide bonds. The van der Waals surface area contributed by atoms with Gasteiger partial charge in [-0.25, -0.2) is 9.59 Å². The molecule has 172 valence electrons. The molecule has 1 atom stereocenters. The minimum Gasteiger partial charge on any atom is -0.465 e. The Morgan fingerprint density at radius 3 is 2.03 bits per heavy atom. The normalized spacial score (nSPS) is 15.7. The highest BCUT2D eigenvalue weighted by atomic mass is 16.6. The number of amides is 1.